The summed E-state index contributed by atoms with van der Waals surface area (Å²) < 4.78 is 0. The van der Waals surface area contributed by atoms with Gasteiger partial charge in [-0.25, -0.2) is 9.97 Å². The summed E-state index contributed by atoms with van der Waals surface area (Å²) in [6.07, 6.45) is 0. The second kappa shape index (κ2) is 3.54. The molecule has 0 radical (unpaired) electrons. The van der Waals surface area contributed by atoms with Gasteiger partial charge in [0.25, 0.3) is 0 Å². The van der Waals surface area contributed by atoms with E-state index in [1.165, 1.54) is 0 Å². The summed E-state index contributed by atoms with van der Waals surface area (Å²) in [5.74, 6) is 0.305. The highest BCUT2D eigenvalue weighted by atomic mass is 35.5. The van der Waals surface area contributed by atoms with Gasteiger partial charge in [-0.1, -0.05) is 37.6 Å². The quantitative estimate of drug-likeness (QED) is 0.715. The molecule has 3 heteroatoms. The average molecular weight is 207 g/mol. The Balaban J connectivity index is 2.71. The average Bonchev–Trinajstić information content (AvgIpc) is 2.16. The largest absolute Gasteiger partial charge is 0.248 e. The molecular weight excluding hydrogens is 196 g/mol. The molecule has 0 spiro atoms. The second-order valence-electron chi connectivity index (χ2n) is 3.54. The van der Waals surface area contributed by atoms with Crippen LogP contribution in [0.1, 0.15) is 25.5 Å². The minimum absolute atomic E-state index is 0.305. The maximum Gasteiger partial charge on any atom is 0.151 e. The first-order chi connectivity index (χ1) is 6.68. The minimum atomic E-state index is 0.305. The van der Waals surface area contributed by atoms with Gasteiger partial charge in [-0.15, -0.1) is 0 Å². The highest BCUT2D eigenvalue weighted by Crippen LogP contribution is 2.22. The number of rotatable bonds is 1. The lowest BCUT2D eigenvalue weighted by Crippen LogP contribution is -1.97. The van der Waals surface area contributed by atoms with Crippen molar-refractivity contribution in [2.24, 2.45) is 0 Å². The fourth-order valence-electron chi connectivity index (χ4n) is 1.36. The van der Waals surface area contributed by atoms with E-state index in [-0.39, 0.29) is 0 Å². The molecule has 1 aromatic heterocycles. The lowest BCUT2D eigenvalue weighted by molar-refractivity contribution is 0.822. The number of aromatic nitrogens is 2. The van der Waals surface area contributed by atoms with E-state index in [1.54, 1.807) is 0 Å². The Hall–Kier alpha value is -1.15. The number of para-hydroxylation sites is 2. The summed E-state index contributed by atoms with van der Waals surface area (Å²) in [5, 5.41) is 0.513. The van der Waals surface area contributed by atoms with Crippen LogP contribution < -0.4 is 0 Å². The monoisotopic (exact) mass is 206 g/mol. The molecule has 0 fully saturated rings. The van der Waals surface area contributed by atoms with Crippen LogP contribution in [0.15, 0.2) is 24.3 Å². The van der Waals surface area contributed by atoms with E-state index in [2.05, 4.69) is 23.8 Å². The van der Waals surface area contributed by atoms with Crippen molar-refractivity contribution in [3.05, 3.63) is 35.1 Å². The number of fused-ring (bicyclic) bond motifs is 1. The van der Waals surface area contributed by atoms with Crippen molar-refractivity contribution in [2.75, 3.05) is 0 Å². The van der Waals surface area contributed by atoms with Crippen molar-refractivity contribution in [3.63, 3.8) is 0 Å². The minimum Gasteiger partial charge on any atom is -0.248 e. The Labute approximate surface area is 88.0 Å². The number of nitrogens with zero attached hydrogens (tertiary/aromatic N) is 2. The van der Waals surface area contributed by atoms with Crippen molar-refractivity contribution in [3.8, 4) is 0 Å². The first kappa shape index (κ1) is 9.41. The predicted molar refractivity (Wildman–Crippen MR) is 58.6 cm³/mol. The van der Waals surface area contributed by atoms with Crippen LogP contribution in [0.4, 0.5) is 0 Å². The standard InChI is InChI=1S/C11H11ClN2/c1-7(2)10-11(12)14-9-6-4-3-5-8(9)13-10/h3-7H,1-2H3. The molecule has 1 heterocycles. The summed E-state index contributed by atoms with van der Waals surface area (Å²) in [6, 6.07) is 7.75. The first-order valence-electron chi connectivity index (χ1n) is 4.60. The first-order valence-corrected chi connectivity index (χ1v) is 4.98. The lowest BCUT2D eigenvalue weighted by Gasteiger charge is -2.07. The highest BCUT2D eigenvalue weighted by Gasteiger charge is 2.09. The van der Waals surface area contributed by atoms with Crippen molar-refractivity contribution < 1.29 is 0 Å². The predicted octanol–water partition coefficient (Wildman–Crippen LogP) is 3.41. The Morgan fingerprint density at radius 1 is 1.07 bits per heavy atom. The van der Waals surface area contributed by atoms with Gasteiger partial charge in [0.2, 0.25) is 0 Å². The molecule has 0 bridgehead atoms. The van der Waals surface area contributed by atoms with E-state index >= 15 is 0 Å². The van der Waals surface area contributed by atoms with E-state index in [9.17, 15) is 0 Å². The molecule has 0 aliphatic rings. The maximum atomic E-state index is 6.02. The number of halogens is 1. The van der Waals surface area contributed by atoms with E-state index in [0.29, 0.717) is 11.1 Å². The highest BCUT2D eigenvalue weighted by molar-refractivity contribution is 6.30. The van der Waals surface area contributed by atoms with E-state index in [0.717, 1.165) is 16.7 Å². The number of hydrogen-bond acceptors (Lipinski definition) is 2. The maximum absolute atomic E-state index is 6.02. The second-order valence-corrected chi connectivity index (χ2v) is 3.90. The molecular formula is C11H11ClN2. The van der Waals surface area contributed by atoms with Crippen LogP contribution in [0.25, 0.3) is 11.0 Å². The van der Waals surface area contributed by atoms with Crippen molar-refractivity contribution in [1.82, 2.24) is 9.97 Å². The third-order valence-corrected chi connectivity index (χ3v) is 2.38. The van der Waals surface area contributed by atoms with Crippen LogP contribution in [0.2, 0.25) is 5.15 Å². The molecule has 0 saturated heterocycles. The van der Waals surface area contributed by atoms with Crippen LogP contribution in [-0.4, -0.2) is 9.97 Å². The Kier molecular flexibility index (Phi) is 2.38. The third-order valence-electron chi connectivity index (χ3n) is 2.10. The molecule has 72 valence electrons. The molecule has 2 nitrogen and oxygen atoms in total. The lowest BCUT2D eigenvalue weighted by atomic mass is 10.1. The normalized spacial score (nSPS) is 11.1. The summed E-state index contributed by atoms with van der Waals surface area (Å²) in [6.45, 7) is 4.12. The number of benzene rings is 1. The van der Waals surface area contributed by atoms with Gasteiger partial charge in [0.1, 0.15) is 0 Å². The Morgan fingerprint density at radius 2 is 1.64 bits per heavy atom. The Morgan fingerprint density at radius 3 is 2.21 bits per heavy atom. The summed E-state index contributed by atoms with van der Waals surface area (Å²) in [4.78, 5) is 8.78. The van der Waals surface area contributed by atoms with Gasteiger partial charge in [0.15, 0.2) is 5.15 Å². The molecule has 2 rings (SSSR count). The van der Waals surface area contributed by atoms with Crippen molar-refractivity contribution in [2.45, 2.75) is 19.8 Å². The van der Waals surface area contributed by atoms with Crippen LogP contribution in [0, 0.1) is 0 Å². The third kappa shape index (κ3) is 1.58. The van der Waals surface area contributed by atoms with Crippen LogP contribution in [-0.2, 0) is 0 Å². The smallest absolute Gasteiger partial charge is 0.151 e. The molecule has 0 saturated carbocycles. The summed E-state index contributed by atoms with van der Waals surface area (Å²) in [5.41, 5.74) is 2.62. The molecule has 1 aromatic carbocycles. The van der Waals surface area contributed by atoms with Crippen LogP contribution in [0.5, 0.6) is 0 Å². The number of hydrogen-bond donors (Lipinski definition) is 0. The topological polar surface area (TPSA) is 25.8 Å². The van der Waals surface area contributed by atoms with E-state index in [1.807, 2.05) is 24.3 Å². The fraction of sp³-hybridized carbons (Fsp3) is 0.273. The molecule has 0 amide bonds. The molecule has 14 heavy (non-hydrogen) atoms. The van der Waals surface area contributed by atoms with Gasteiger partial charge in [-0.05, 0) is 18.1 Å². The van der Waals surface area contributed by atoms with Gasteiger partial charge in [-0.2, -0.15) is 0 Å². The molecule has 2 aromatic rings. The molecule has 0 atom stereocenters. The zero-order chi connectivity index (χ0) is 10.1. The fourth-order valence-corrected chi connectivity index (χ4v) is 1.71. The molecule has 0 unspecified atom stereocenters. The zero-order valence-corrected chi connectivity index (χ0v) is 8.92. The van der Waals surface area contributed by atoms with Crippen molar-refractivity contribution >= 4 is 22.6 Å². The molecule has 0 N–H and O–H groups in total. The van der Waals surface area contributed by atoms with Gasteiger partial charge < -0.3 is 0 Å². The van der Waals surface area contributed by atoms with Crippen molar-refractivity contribution in [1.29, 1.82) is 0 Å². The summed E-state index contributed by atoms with van der Waals surface area (Å²) >= 11 is 6.02. The van der Waals surface area contributed by atoms with Gasteiger partial charge in [-0.3, -0.25) is 0 Å². The van der Waals surface area contributed by atoms with E-state index in [4.69, 9.17) is 11.6 Å². The van der Waals surface area contributed by atoms with Crippen LogP contribution >= 0.6 is 11.6 Å². The van der Waals surface area contributed by atoms with E-state index < -0.39 is 0 Å². The van der Waals surface area contributed by atoms with Crippen LogP contribution in [0.3, 0.4) is 0 Å². The molecule has 0 aliphatic heterocycles. The van der Waals surface area contributed by atoms with Gasteiger partial charge >= 0.3 is 0 Å². The van der Waals surface area contributed by atoms with Gasteiger partial charge in [0, 0.05) is 0 Å². The molecule has 0 aliphatic carbocycles. The van der Waals surface area contributed by atoms with Gasteiger partial charge in [0.05, 0.1) is 16.7 Å². The zero-order valence-electron chi connectivity index (χ0n) is 8.16. The SMILES string of the molecule is CC(C)c1nc2ccccc2nc1Cl. The summed E-state index contributed by atoms with van der Waals surface area (Å²) in [7, 11) is 0. The Bertz CT molecular complexity index is 466.